The summed E-state index contributed by atoms with van der Waals surface area (Å²) in [6.07, 6.45) is 2.01. The van der Waals surface area contributed by atoms with Gasteiger partial charge in [-0.15, -0.1) is 0 Å². The van der Waals surface area contributed by atoms with Gasteiger partial charge in [-0.25, -0.2) is 4.79 Å². The summed E-state index contributed by atoms with van der Waals surface area (Å²) in [4.78, 5) is 37.9. The van der Waals surface area contributed by atoms with Crippen LogP contribution in [0.3, 0.4) is 0 Å². The second-order valence-electron chi connectivity index (χ2n) is 6.67. The van der Waals surface area contributed by atoms with Gasteiger partial charge in [-0.3, -0.25) is 18.7 Å². The highest BCUT2D eigenvalue weighted by atomic mass is 19.3. The largest absolute Gasteiger partial charge is 0.493 e. The molecule has 1 aromatic heterocycles. The van der Waals surface area contributed by atoms with Crippen LogP contribution in [0.25, 0.3) is 6.08 Å². The van der Waals surface area contributed by atoms with Crippen LogP contribution in [0.2, 0.25) is 0 Å². The number of anilines is 1. The fourth-order valence-corrected chi connectivity index (χ4v) is 3.31. The van der Waals surface area contributed by atoms with Crippen LogP contribution in [-0.2, 0) is 13.6 Å². The van der Waals surface area contributed by atoms with Crippen LogP contribution >= 0.6 is 0 Å². The van der Waals surface area contributed by atoms with Crippen molar-refractivity contribution in [3.05, 3.63) is 49.8 Å². The number of Topliss-reactive ketones (excluding diaryl/α,β-unsaturated/α-hetero) is 1. The fourth-order valence-electron chi connectivity index (χ4n) is 3.31. The van der Waals surface area contributed by atoms with Gasteiger partial charge in [0.25, 0.3) is 5.56 Å². The molecule has 11 heteroatoms. The van der Waals surface area contributed by atoms with Crippen molar-refractivity contribution >= 4 is 17.7 Å². The minimum Gasteiger partial charge on any atom is -0.493 e. The highest BCUT2D eigenvalue weighted by Gasteiger charge is 2.32. The van der Waals surface area contributed by atoms with Crippen LogP contribution in [0.5, 0.6) is 17.2 Å². The van der Waals surface area contributed by atoms with Gasteiger partial charge in [0.1, 0.15) is 11.4 Å². The molecule has 0 aliphatic carbocycles. The van der Waals surface area contributed by atoms with Crippen molar-refractivity contribution in [3.8, 4) is 17.2 Å². The van der Waals surface area contributed by atoms with Crippen LogP contribution in [0.1, 0.15) is 29.3 Å². The van der Waals surface area contributed by atoms with E-state index in [1.807, 2.05) is 6.92 Å². The van der Waals surface area contributed by atoms with Gasteiger partial charge in [0.05, 0.1) is 19.9 Å². The predicted octanol–water partition coefficient (Wildman–Crippen LogP) is 2.22. The number of ketones is 1. The number of carbonyl (C=O) groups excluding carboxylic acids is 1. The fraction of sp³-hybridized carbons (Fsp3) is 0.350. The number of ether oxygens (including phenoxy) is 3. The molecule has 0 amide bonds. The number of hydrogen-bond acceptors (Lipinski definition) is 7. The summed E-state index contributed by atoms with van der Waals surface area (Å²) < 4.78 is 42.4. The summed E-state index contributed by atoms with van der Waals surface area (Å²) >= 11 is 0. The smallest absolute Gasteiger partial charge is 0.387 e. The zero-order valence-corrected chi connectivity index (χ0v) is 17.3. The molecule has 2 aromatic rings. The molecule has 0 radical (unpaired) electrons. The number of alkyl halides is 2. The number of halogens is 2. The summed E-state index contributed by atoms with van der Waals surface area (Å²) in [6, 6.07) is 2.75. The van der Waals surface area contributed by atoms with Crippen LogP contribution in [-0.4, -0.2) is 35.7 Å². The van der Waals surface area contributed by atoms with E-state index in [9.17, 15) is 23.2 Å². The molecule has 0 bridgehead atoms. The molecular formula is C20H21F2N3O6. The number of nitrogens with zero attached hydrogens (tertiary/aromatic N) is 2. The highest BCUT2D eigenvalue weighted by molar-refractivity contribution is 6.19. The Kier molecular flexibility index (Phi) is 6.14. The first-order valence-corrected chi connectivity index (χ1v) is 9.31. The normalized spacial score (nSPS) is 14.0. The number of rotatable bonds is 7. The Balaban J connectivity index is 2.12. The van der Waals surface area contributed by atoms with Crippen molar-refractivity contribution in [1.82, 2.24) is 9.13 Å². The molecule has 1 aliphatic rings. The maximum absolute atomic E-state index is 12.9. The maximum Gasteiger partial charge on any atom is 0.387 e. The topological polar surface area (TPSA) is 101 Å². The SMILES string of the molecule is CCCn1c2c(c(=O)n(C)c1=O)C(=O)/C(=C/c1cc(OC)c(OC(F)F)c(OC)c1)N2. The summed E-state index contributed by atoms with van der Waals surface area (Å²) in [7, 11) is 3.85. The lowest BCUT2D eigenvalue weighted by molar-refractivity contribution is -0.0526. The average Bonchev–Trinajstić information content (AvgIpc) is 3.05. The van der Waals surface area contributed by atoms with Gasteiger partial charge in [0, 0.05) is 13.6 Å². The lowest BCUT2D eigenvalue weighted by atomic mass is 10.1. The molecule has 2 heterocycles. The Labute approximate surface area is 175 Å². The Morgan fingerprint density at radius 3 is 2.26 bits per heavy atom. The number of aromatic nitrogens is 2. The molecule has 0 saturated heterocycles. The number of hydrogen-bond donors (Lipinski definition) is 1. The van der Waals surface area contributed by atoms with Crippen molar-refractivity contribution in [2.45, 2.75) is 26.5 Å². The third kappa shape index (κ3) is 3.90. The first-order chi connectivity index (χ1) is 14.7. The van der Waals surface area contributed by atoms with E-state index in [-0.39, 0.29) is 34.3 Å². The molecule has 0 spiro atoms. The van der Waals surface area contributed by atoms with Crippen molar-refractivity contribution < 1.29 is 27.8 Å². The number of benzene rings is 1. The van der Waals surface area contributed by atoms with Crippen molar-refractivity contribution in [1.29, 1.82) is 0 Å². The summed E-state index contributed by atoms with van der Waals surface area (Å²) in [5.74, 6) is -0.822. The third-order valence-electron chi connectivity index (χ3n) is 4.72. The van der Waals surface area contributed by atoms with E-state index < -0.39 is 23.6 Å². The quantitative estimate of drug-likeness (QED) is 0.663. The second-order valence-corrected chi connectivity index (χ2v) is 6.67. The zero-order valence-electron chi connectivity index (χ0n) is 17.3. The lowest BCUT2D eigenvalue weighted by Crippen LogP contribution is -2.40. The van der Waals surface area contributed by atoms with E-state index >= 15 is 0 Å². The van der Waals surface area contributed by atoms with Gasteiger partial charge in [0.2, 0.25) is 11.5 Å². The minimum absolute atomic E-state index is 0.0340. The lowest BCUT2D eigenvalue weighted by Gasteiger charge is -2.15. The predicted molar refractivity (Wildman–Crippen MR) is 108 cm³/mol. The molecule has 1 N–H and O–H groups in total. The number of fused-ring (bicyclic) bond motifs is 1. The van der Waals surface area contributed by atoms with E-state index in [0.717, 1.165) is 4.57 Å². The molecular weight excluding hydrogens is 416 g/mol. The molecule has 3 rings (SSSR count). The van der Waals surface area contributed by atoms with Gasteiger partial charge in [-0.1, -0.05) is 6.92 Å². The zero-order chi connectivity index (χ0) is 22.9. The Hall–Kier alpha value is -3.63. The standard InChI is InChI=1S/C20H21F2N3O6/c1-5-6-25-17-14(18(27)24(2)20(25)28)15(26)11(23-17)7-10-8-12(29-3)16(31-19(21)22)13(9-10)30-4/h7-9,19,23H,5-6H2,1-4H3/b11-7-. The van der Waals surface area contributed by atoms with Gasteiger partial charge >= 0.3 is 12.3 Å². The first kappa shape index (κ1) is 22.1. The second kappa shape index (κ2) is 8.62. The Morgan fingerprint density at radius 1 is 1.13 bits per heavy atom. The summed E-state index contributed by atoms with van der Waals surface area (Å²) in [6.45, 7) is -0.922. The number of carbonyl (C=O) groups is 1. The van der Waals surface area contributed by atoms with Crippen LogP contribution in [0.4, 0.5) is 14.6 Å². The summed E-state index contributed by atoms with van der Waals surface area (Å²) in [5, 5.41) is 2.85. The molecule has 9 nitrogen and oxygen atoms in total. The van der Waals surface area contributed by atoms with E-state index in [1.165, 1.54) is 44.0 Å². The van der Waals surface area contributed by atoms with Gasteiger partial charge in [0.15, 0.2) is 11.5 Å². The van der Waals surface area contributed by atoms with E-state index in [0.29, 0.717) is 18.5 Å². The van der Waals surface area contributed by atoms with Gasteiger partial charge < -0.3 is 19.5 Å². The summed E-state index contributed by atoms with van der Waals surface area (Å²) in [5.41, 5.74) is -0.985. The molecule has 166 valence electrons. The Morgan fingerprint density at radius 2 is 1.74 bits per heavy atom. The van der Waals surface area contributed by atoms with Crippen molar-refractivity contribution in [2.75, 3.05) is 19.5 Å². The average molecular weight is 437 g/mol. The number of allylic oxidation sites excluding steroid dienone is 1. The number of nitrogens with one attached hydrogen (secondary N) is 1. The molecule has 0 saturated carbocycles. The highest BCUT2D eigenvalue weighted by Crippen LogP contribution is 2.40. The Bertz CT molecular complexity index is 1160. The maximum atomic E-state index is 12.9. The van der Waals surface area contributed by atoms with Gasteiger partial charge in [-0.05, 0) is 30.2 Å². The van der Waals surface area contributed by atoms with Crippen LogP contribution in [0.15, 0.2) is 27.4 Å². The molecule has 0 atom stereocenters. The van der Waals surface area contributed by atoms with Crippen LogP contribution in [0, 0.1) is 0 Å². The third-order valence-corrected chi connectivity index (χ3v) is 4.72. The van der Waals surface area contributed by atoms with Gasteiger partial charge in [-0.2, -0.15) is 8.78 Å². The van der Waals surface area contributed by atoms with E-state index in [1.54, 1.807) is 0 Å². The molecule has 1 aliphatic heterocycles. The first-order valence-electron chi connectivity index (χ1n) is 9.31. The van der Waals surface area contributed by atoms with Crippen molar-refractivity contribution in [3.63, 3.8) is 0 Å². The number of methoxy groups -OCH3 is 2. The van der Waals surface area contributed by atoms with E-state index in [4.69, 9.17) is 9.47 Å². The molecule has 1 aromatic carbocycles. The van der Waals surface area contributed by atoms with E-state index in [2.05, 4.69) is 10.1 Å². The molecule has 0 fully saturated rings. The minimum atomic E-state index is -3.09. The monoisotopic (exact) mass is 437 g/mol. The van der Waals surface area contributed by atoms with Crippen LogP contribution < -0.4 is 30.8 Å². The molecule has 31 heavy (non-hydrogen) atoms. The molecule has 0 unspecified atom stereocenters. The van der Waals surface area contributed by atoms with Crippen molar-refractivity contribution in [2.24, 2.45) is 7.05 Å².